The highest BCUT2D eigenvalue weighted by molar-refractivity contribution is 8.76. The van der Waals surface area contributed by atoms with Gasteiger partial charge in [0, 0.05) is 11.5 Å². The SMILES string of the molecule is COc1ccc2cc(C(C)C(=O)OCCSSCCON=O)ccc2c1. The summed E-state index contributed by atoms with van der Waals surface area (Å²) >= 11 is 0. The molecule has 6 nitrogen and oxygen atoms in total. The van der Waals surface area contributed by atoms with Gasteiger partial charge in [-0.2, -0.15) is 0 Å². The molecule has 0 N–H and O–H groups in total. The number of carbonyl (C=O) groups excluding carboxylic acids is 1. The monoisotopic (exact) mass is 395 g/mol. The first-order valence-electron chi connectivity index (χ1n) is 8.09. The first-order valence-corrected chi connectivity index (χ1v) is 10.6. The van der Waals surface area contributed by atoms with Crippen LogP contribution in [0.1, 0.15) is 18.4 Å². The normalized spacial score (nSPS) is 11.8. The van der Waals surface area contributed by atoms with E-state index in [2.05, 4.69) is 10.2 Å². The number of carbonyl (C=O) groups is 1. The molecule has 0 aliphatic carbocycles. The Hall–Kier alpha value is -1.93. The molecule has 0 amide bonds. The maximum atomic E-state index is 12.2. The minimum Gasteiger partial charge on any atom is -0.497 e. The summed E-state index contributed by atoms with van der Waals surface area (Å²) in [6.45, 7) is 2.48. The van der Waals surface area contributed by atoms with Crippen LogP contribution in [-0.2, 0) is 14.4 Å². The number of ether oxygens (including phenoxy) is 2. The largest absolute Gasteiger partial charge is 0.497 e. The van der Waals surface area contributed by atoms with Crippen molar-refractivity contribution in [2.75, 3.05) is 31.8 Å². The lowest BCUT2D eigenvalue weighted by molar-refractivity contribution is -0.144. The van der Waals surface area contributed by atoms with E-state index in [-0.39, 0.29) is 18.5 Å². The number of nitrogens with zero attached hydrogens (tertiary/aromatic N) is 1. The van der Waals surface area contributed by atoms with Crippen LogP contribution in [0.4, 0.5) is 0 Å². The molecule has 8 heteroatoms. The van der Waals surface area contributed by atoms with Gasteiger partial charge in [-0.3, -0.25) is 4.79 Å². The van der Waals surface area contributed by atoms with Crippen LogP contribution in [-0.4, -0.2) is 37.8 Å². The third-order valence-corrected chi connectivity index (χ3v) is 6.06. The molecule has 2 rings (SSSR count). The summed E-state index contributed by atoms with van der Waals surface area (Å²) in [7, 11) is 4.75. The first-order chi connectivity index (χ1) is 12.7. The van der Waals surface area contributed by atoms with E-state index in [4.69, 9.17) is 9.47 Å². The third kappa shape index (κ3) is 6.10. The fourth-order valence-corrected chi connectivity index (χ4v) is 3.95. The fourth-order valence-electron chi connectivity index (χ4n) is 2.30. The van der Waals surface area contributed by atoms with Gasteiger partial charge < -0.3 is 14.3 Å². The second-order valence-corrected chi connectivity index (χ2v) is 8.12. The van der Waals surface area contributed by atoms with Gasteiger partial charge in [0.2, 0.25) is 0 Å². The number of benzene rings is 2. The Morgan fingerprint density at radius 1 is 1.08 bits per heavy atom. The topological polar surface area (TPSA) is 74.2 Å². The maximum absolute atomic E-state index is 12.2. The average molecular weight is 396 g/mol. The summed E-state index contributed by atoms with van der Waals surface area (Å²) in [5.74, 6) is 1.57. The van der Waals surface area contributed by atoms with E-state index in [1.807, 2.05) is 43.3 Å². The fraction of sp³-hybridized carbons (Fsp3) is 0.389. The average Bonchev–Trinajstić information content (AvgIpc) is 2.68. The summed E-state index contributed by atoms with van der Waals surface area (Å²) in [4.78, 5) is 26.3. The molecule has 0 fully saturated rings. The van der Waals surface area contributed by atoms with Crippen LogP contribution < -0.4 is 4.74 Å². The smallest absolute Gasteiger partial charge is 0.313 e. The van der Waals surface area contributed by atoms with Gasteiger partial charge in [-0.1, -0.05) is 45.9 Å². The van der Waals surface area contributed by atoms with E-state index in [1.165, 1.54) is 0 Å². The zero-order valence-corrected chi connectivity index (χ0v) is 16.3. The zero-order chi connectivity index (χ0) is 18.8. The summed E-state index contributed by atoms with van der Waals surface area (Å²) < 4.78 is 10.6. The van der Waals surface area contributed by atoms with Crippen molar-refractivity contribution in [2.45, 2.75) is 12.8 Å². The Kier molecular flexibility index (Phi) is 8.57. The minimum absolute atomic E-state index is 0.239. The van der Waals surface area contributed by atoms with Gasteiger partial charge in [0.15, 0.2) is 5.34 Å². The molecule has 26 heavy (non-hydrogen) atoms. The van der Waals surface area contributed by atoms with Crippen LogP contribution in [0, 0.1) is 4.91 Å². The molecule has 2 aromatic carbocycles. The van der Waals surface area contributed by atoms with Crippen LogP contribution in [0.15, 0.2) is 41.7 Å². The number of fused-ring (bicyclic) bond motifs is 1. The number of hydrogen-bond donors (Lipinski definition) is 0. The Labute approximate surface area is 160 Å². The molecule has 0 spiro atoms. The van der Waals surface area contributed by atoms with E-state index in [0.29, 0.717) is 18.1 Å². The van der Waals surface area contributed by atoms with Crippen LogP contribution in [0.5, 0.6) is 5.75 Å². The van der Waals surface area contributed by atoms with Crippen LogP contribution in [0.3, 0.4) is 0 Å². The molecule has 0 bridgehead atoms. The summed E-state index contributed by atoms with van der Waals surface area (Å²) in [5, 5.41) is 4.44. The van der Waals surface area contributed by atoms with Crippen molar-refractivity contribution in [1.82, 2.24) is 0 Å². The molecule has 1 atom stereocenters. The van der Waals surface area contributed by atoms with Crippen LogP contribution >= 0.6 is 21.6 Å². The van der Waals surface area contributed by atoms with Gasteiger partial charge in [-0.05, 0) is 35.4 Å². The number of methoxy groups -OCH3 is 1. The molecule has 0 radical (unpaired) electrons. The summed E-state index contributed by atoms with van der Waals surface area (Å²) in [5.41, 5.74) is 0.924. The highest BCUT2D eigenvalue weighted by atomic mass is 33.1. The van der Waals surface area contributed by atoms with Crippen LogP contribution in [0.25, 0.3) is 10.8 Å². The van der Waals surface area contributed by atoms with Crippen LogP contribution in [0.2, 0.25) is 0 Å². The number of rotatable bonds is 11. The Bertz CT molecular complexity index is 741. The van der Waals surface area contributed by atoms with Gasteiger partial charge in [-0.15, -0.1) is 4.91 Å². The van der Waals surface area contributed by atoms with Crippen molar-refractivity contribution < 1.29 is 19.1 Å². The van der Waals surface area contributed by atoms with Crippen molar-refractivity contribution in [3.05, 3.63) is 46.9 Å². The lowest BCUT2D eigenvalue weighted by Gasteiger charge is -2.13. The molecule has 0 aromatic heterocycles. The van der Waals surface area contributed by atoms with E-state index < -0.39 is 0 Å². The number of hydrogen-bond acceptors (Lipinski definition) is 8. The molecule has 0 saturated heterocycles. The first kappa shape index (κ1) is 20.4. The molecular formula is C18H21NO5S2. The summed E-state index contributed by atoms with van der Waals surface area (Å²) in [6.07, 6.45) is 0. The van der Waals surface area contributed by atoms with Gasteiger partial charge in [0.25, 0.3) is 0 Å². The quantitative estimate of drug-likeness (QED) is 0.181. The van der Waals surface area contributed by atoms with Crippen molar-refractivity contribution in [1.29, 1.82) is 0 Å². The molecular weight excluding hydrogens is 374 g/mol. The molecule has 0 saturated carbocycles. The maximum Gasteiger partial charge on any atom is 0.313 e. The highest BCUT2D eigenvalue weighted by Crippen LogP contribution is 2.26. The van der Waals surface area contributed by atoms with Crippen molar-refractivity contribution in [2.24, 2.45) is 5.34 Å². The molecule has 0 aliphatic rings. The van der Waals surface area contributed by atoms with Crippen molar-refractivity contribution >= 4 is 38.3 Å². The van der Waals surface area contributed by atoms with Crippen molar-refractivity contribution in [3.8, 4) is 5.75 Å². The standard InChI is InChI=1S/C18H21NO5S2/c1-13(18(20)23-7-9-25-26-10-8-24-19-21)14-3-4-16-12-17(22-2)6-5-15(16)11-14/h3-6,11-13H,7-10H2,1-2H3. The second-order valence-electron chi connectivity index (χ2n) is 5.41. The predicted molar refractivity (Wildman–Crippen MR) is 107 cm³/mol. The lowest BCUT2D eigenvalue weighted by atomic mass is 9.98. The lowest BCUT2D eigenvalue weighted by Crippen LogP contribution is -2.14. The Balaban J connectivity index is 1.80. The minimum atomic E-state index is -0.328. The van der Waals surface area contributed by atoms with E-state index in [1.54, 1.807) is 28.7 Å². The molecule has 2 aromatic rings. The van der Waals surface area contributed by atoms with Crippen molar-refractivity contribution in [3.63, 3.8) is 0 Å². The van der Waals surface area contributed by atoms with Gasteiger partial charge in [0.1, 0.15) is 19.0 Å². The Morgan fingerprint density at radius 2 is 1.77 bits per heavy atom. The van der Waals surface area contributed by atoms with E-state index in [0.717, 1.165) is 22.1 Å². The predicted octanol–water partition coefficient (Wildman–Crippen LogP) is 4.57. The van der Waals surface area contributed by atoms with E-state index >= 15 is 0 Å². The molecule has 0 aliphatic heterocycles. The van der Waals surface area contributed by atoms with Gasteiger partial charge >= 0.3 is 5.97 Å². The molecule has 1 unspecified atom stereocenters. The number of esters is 1. The van der Waals surface area contributed by atoms with Gasteiger partial charge in [-0.25, -0.2) is 0 Å². The highest BCUT2D eigenvalue weighted by Gasteiger charge is 2.17. The molecule has 0 heterocycles. The second kappa shape index (κ2) is 10.9. The zero-order valence-electron chi connectivity index (χ0n) is 14.7. The van der Waals surface area contributed by atoms with Gasteiger partial charge in [0.05, 0.1) is 13.0 Å². The third-order valence-electron chi connectivity index (χ3n) is 3.73. The molecule has 140 valence electrons. The summed E-state index contributed by atoms with van der Waals surface area (Å²) in [6, 6.07) is 11.8. The Morgan fingerprint density at radius 3 is 2.50 bits per heavy atom. The van der Waals surface area contributed by atoms with E-state index in [9.17, 15) is 9.70 Å².